The summed E-state index contributed by atoms with van der Waals surface area (Å²) in [6.45, 7) is 2.47. The molecule has 0 saturated carbocycles. The smallest absolute Gasteiger partial charge is 0.475 e. The van der Waals surface area contributed by atoms with Crippen LogP contribution < -0.4 is 16.8 Å². The maximum absolute atomic E-state index is 12.9. The minimum Gasteiger partial charge on any atom is -0.475 e. The Morgan fingerprint density at radius 3 is 2.00 bits per heavy atom. The summed E-state index contributed by atoms with van der Waals surface area (Å²) in [4.78, 5) is 34.7. The monoisotopic (exact) mass is 467 g/mol. The molecule has 0 fully saturated rings. The second kappa shape index (κ2) is 12.7. The van der Waals surface area contributed by atoms with Crippen LogP contribution in [0.1, 0.15) is 30.4 Å². The van der Waals surface area contributed by atoms with Crippen LogP contribution in [0.5, 0.6) is 0 Å². The number of halogens is 3. The number of benzene rings is 2. The molecule has 0 aromatic heterocycles. The van der Waals surface area contributed by atoms with Crippen LogP contribution in [-0.4, -0.2) is 41.0 Å². The summed E-state index contributed by atoms with van der Waals surface area (Å²) in [5.41, 5.74) is 12.9. The fraction of sp³-hybridized carbons (Fsp3) is 0.348. The zero-order valence-corrected chi connectivity index (χ0v) is 18.2. The summed E-state index contributed by atoms with van der Waals surface area (Å²) in [5.74, 6) is -3.52. The molecule has 0 spiro atoms. The number of Topliss-reactive ketones (excluding diaryl/α,β-unsaturated/α-hetero) is 1. The zero-order valence-electron chi connectivity index (χ0n) is 18.2. The van der Waals surface area contributed by atoms with Crippen molar-refractivity contribution in [2.24, 2.45) is 11.5 Å². The molecule has 0 saturated heterocycles. The molecule has 0 heterocycles. The van der Waals surface area contributed by atoms with Crippen LogP contribution in [0.15, 0.2) is 54.6 Å². The van der Waals surface area contributed by atoms with Crippen LogP contribution in [-0.2, 0) is 20.8 Å². The second-order valence-corrected chi connectivity index (χ2v) is 7.43. The third-order valence-corrected chi connectivity index (χ3v) is 4.69. The number of alkyl halides is 3. The highest BCUT2D eigenvalue weighted by Crippen LogP contribution is 2.19. The van der Waals surface area contributed by atoms with E-state index in [9.17, 15) is 22.8 Å². The number of anilines is 1. The SMILES string of the molecule is Cc1ccc(NC(=O)[C@@](N)(CCCCN)C(=O)Cc2ccccc2)cc1.O=C(O)C(F)(F)F. The van der Waals surface area contributed by atoms with Gasteiger partial charge in [-0.25, -0.2) is 4.79 Å². The Morgan fingerprint density at radius 2 is 1.52 bits per heavy atom. The van der Waals surface area contributed by atoms with Crippen LogP contribution in [0.25, 0.3) is 0 Å². The largest absolute Gasteiger partial charge is 0.490 e. The van der Waals surface area contributed by atoms with Crippen LogP contribution in [0.4, 0.5) is 18.9 Å². The van der Waals surface area contributed by atoms with Crippen molar-refractivity contribution in [2.45, 2.75) is 44.3 Å². The molecule has 2 aromatic rings. The van der Waals surface area contributed by atoms with E-state index in [1.54, 1.807) is 12.1 Å². The molecule has 33 heavy (non-hydrogen) atoms. The van der Waals surface area contributed by atoms with Gasteiger partial charge in [-0.3, -0.25) is 9.59 Å². The molecule has 6 N–H and O–H groups in total. The van der Waals surface area contributed by atoms with E-state index in [4.69, 9.17) is 21.4 Å². The van der Waals surface area contributed by atoms with Gasteiger partial charge in [0.2, 0.25) is 0 Å². The van der Waals surface area contributed by atoms with Gasteiger partial charge in [-0.05, 0) is 50.4 Å². The van der Waals surface area contributed by atoms with Gasteiger partial charge in [0.25, 0.3) is 5.91 Å². The van der Waals surface area contributed by atoms with Crippen molar-refractivity contribution in [3.63, 3.8) is 0 Å². The number of carbonyl (C=O) groups is 3. The fourth-order valence-electron chi connectivity index (χ4n) is 2.75. The summed E-state index contributed by atoms with van der Waals surface area (Å²) in [6, 6.07) is 16.7. The number of aliphatic carboxylic acids is 1. The lowest BCUT2D eigenvalue weighted by Crippen LogP contribution is -2.58. The summed E-state index contributed by atoms with van der Waals surface area (Å²) in [5, 5.41) is 9.91. The zero-order chi connectivity index (χ0) is 25.1. The maximum Gasteiger partial charge on any atom is 0.490 e. The van der Waals surface area contributed by atoms with Crippen LogP contribution in [0.3, 0.4) is 0 Å². The number of nitrogens with one attached hydrogen (secondary N) is 1. The first-order valence-corrected chi connectivity index (χ1v) is 10.1. The quantitative estimate of drug-likeness (QED) is 0.330. The maximum atomic E-state index is 12.9. The number of carboxylic acid groups (broad SMARTS) is 1. The minimum absolute atomic E-state index is 0.126. The molecule has 1 amide bonds. The number of carbonyl (C=O) groups excluding carboxylic acids is 2. The average molecular weight is 467 g/mol. The first-order chi connectivity index (χ1) is 15.4. The van der Waals surface area contributed by atoms with E-state index in [0.29, 0.717) is 18.7 Å². The number of aryl methyl sites for hydroxylation is 1. The molecule has 0 aliphatic heterocycles. The number of unbranched alkanes of at least 4 members (excludes halogenated alkanes) is 1. The Balaban J connectivity index is 0.000000675. The number of hydrogen-bond acceptors (Lipinski definition) is 5. The van der Waals surface area contributed by atoms with Crippen LogP contribution in [0.2, 0.25) is 0 Å². The standard InChI is InChI=1S/C21H27N3O2.C2HF3O2/c1-16-9-11-18(12-10-16)24-20(26)21(23,13-5-6-14-22)19(25)15-17-7-3-2-4-8-17;3-2(4,5)1(6)7/h2-4,7-12H,5-6,13-15,22-23H2,1H3,(H,24,26);(H,6,7)/t21-;/m1./s1. The Kier molecular flexibility index (Phi) is 10.7. The molecule has 7 nitrogen and oxygen atoms in total. The van der Waals surface area contributed by atoms with Gasteiger partial charge in [0.05, 0.1) is 0 Å². The number of ketones is 1. The van der Waals surface area contributed by atoms with E-state index in [0.717, 1.165) is 17.5 Å². The summed E-state index contributed by atoms with van der Waals surface area (Å²) < 4.78 is 31.7. The highest BCUT2D eigenvalue weighted by Gasteiger charge is 2.41. The van der Waals surface area contributed by atoms with E-state index < -0.39 is 23.6 Å². The number of nitrogens with two attached hydrogens (primary N) is 2. The van der Waals surface area contributed by atoms with Crippen molar-refractivity contribution in [1.29, 1.82) is 0 Å². The number of rotatable bonds is 9. The fourth-order valence-corrected chi connectivity index (χ4v) is 2.75. The molecule has 0 aliphatic rings. The van der Waals surface area contributed by atoms with Gasteiger partial charge >= 0.3 is 12.1 Å². The second-order valence-electron chi connectivity index (χ2n) is 7.43. The summed E-state index contributed by atoms with van der Waals surface area (Å²) in [6.07, 6.45) is -3.35. The average Bonchev–Trinajstić information content (AvgIpc) is 2.75. The lowest BCUT2D eigenvalue weighted by Gasteiger charge is -2.27. The molecular formula is C23H28F3N3O4. The third-order valence-electron chi connectivity index (χ3n) is 4.69. The first-order valence-electron chi connectivity index (χ1n) is 10.1. The van der Waals surface area contributed by atoms with Gasteiger partial charge in [0, 0.05) is 12.1 Å². The van der Waals surface area contributed by atoms with Crippen LogP contribution >= 0.6 is 0 Å². The molecule has 10 heteroatoms. The van der Waals surface area contributed by atoms with E-state index in [1.807, 2.05) is 49.4 Å². The predicted octanol–water partition coefficient (Wildman–Crippen LogP) is 3.21. The number of amides is 1. The van der Waals surface area contributed by atoms with Crippen molar-refractivity contribution in [3.05, 3.63) is 65.7 Å². The van der Waals surface area contributed by atoms with Gasteiger partial charge < -0.3 is 21.9 Å². The van der Waals surface area contributed by atoms with Crippen molar-refractivity contribution in [3.8, 4) is 0 Å². The molecule has 0 radical (unpaired) electrons. The number of carboxylic acids is 1. The van der Waals surface area contributed by atoms with E-state index in [1.165, 1.54) is 0 Å². The Hall–Kier alpha value is -3.24. The van der Waals surface area contributed by atoms with Crippen molar-refractivity contribution in [1.82, 2.24) is 0 Å². The molecule has 0 bridgehead atoms. The predicted molar refractivity (Wildman–Crippen MR) is 118 cm³/mol. The molecule has 1 atom stereocenters. The topological polar surface area (TPSA) is 136 Å². The summed E-state index contributed by atoms with van der Waals surface area (Å²) in [7, 11) is 0. The molecule has 0 aliphatic carbocycles. The van der Waals surface area contributed by atoms with Crippen LogP contribution in [0, 0.1) is 6.92 Å². The van der Waals surface area contributed by atoms with E-state index in [-0.39, 0.29) is 18.6 Å². The Labute approximate surface area is 190 Å². The molecular weight excluding hydrogens is 439 g/mol. The normalized spacial score (nSPS) is 12.7. The van der Waals surface area contributed by atoms with Gasteiger partial charge in [-0.2, -0.15) is 13.2 Å². The Morgan fingerprint density at radius 1 is 0.970 bits per heavy atom. The summed E-state index contributed by atoms with van der Waals surface area (Å²) >= 11 is 0. The lowest BCUT2D eigenvalue weighted by molar-refractivity contribution is -0.192. The lowest BCUT2D eigenvalue weighted by atomic mass is 9.84. The first kappa shape index (κ1) is 27.8. The molecule has 180 valence electrons. The minimum atomic E-state index is -5.08. The van der Waals surface area contributed by atoms with Crippen molar-refractivity contribution in [2.75, 3.05) is 11.9 Å². The van der Waals surface area contributed by atoms with Gasteiger partial charge in [-0.15, -0.1) is 0 Å². The van der Waals surface area contributed by atoms with E-state index in [2.05, 4.69) is 5.32 Å². The Bertz CT molecular complexity index is 919. The van der Waals surface area contributed by atoms with E-state index >= 15 is 0 Å². The highest BCUT2D eigenvalue weighted by atomic mass is 19.4. The molecule has 2 aromatic carbocycles. The molecule has 0 unspecified atom stereocenters. The third kappa shape index (κ3) is 9.42. The molecule has 2 rings (SSSR count). The van der Waals surface area contributed by atoms with Gasteiger partial charge in [0.1, 0.15) is 0 Å². The van der Waals surface area contributed by atoms with Crippen molar-refractivity contribution < 1.29 is 32.7 Å². The van der Waals surface area contributed by atoms with Gasteiger partial charge in [-0.1, -0.05) is 48.0 Å². The number of hydrogen-bond donors (Lipinski definition) is 4. The highest BCUT2D eigenvalue weighted by molar-refractivity contribution is 6.15. The van der Waals surface area contributed by atoms with Gasteiger partial charge in [0.15, 0.2) is 11.3 Å². The van der Waals surface area contributed by atoms with Crippen molar-refractivity contribution >= 4 is 23.3 Å².